The highest BCUT2D eigenvalue weighted by Gasteiger charge is 2.14. The van der Waals surface area contributed by atoms with Crippen LogP contribution in [-0.2, 0) is 19.0 Å². The summed E-state index contributed by atoms with van der Waals surface area (Å²) in [6, 6.07) is 0. The maximum absolute atomic E-state index is 12.0. The average molecular weight is 711 g/mol. The molecule has 0 unspecified atom stereocenters. The van der Waals surface area contributed by atoms with Gasteiger partial charge in [-0.3, -0.25) is 4.79 Å². The summed E-state index contributed by atoms with van der Waals surface area (Å²) in [7, 11) is 4.79. The number of nitrogens with zero attached hydrogens (tertiary/aromatic N) is 1. The molecule has 0 spiro atoms. The Labute approximate surface area is 314 Å². The molecule has 0 saturated carbocycles. The topological polar surface area (TPSA) is 44.8 Å². The first kappa shape index (κ1) is 49.4. The van der Waals surface area contributed by atoms with Crippen molar-refractivity contribution in [2.45, 2.75) is 239 Å². The van der Waals surface area contributed by atoms with E-state index in [-0.39, 0.29) is 5.97 Å². The van der Waals surface area contributed by atoms with E-state index in [2.05, 4.69) is 34.9 Å². The van der Waals surface area contributed by atoms with Gasteiger partial charge in [0, 0.05) is 13.0 Å². The van der Waals surface area contributed by atoms with Crippen LogP contribution < -0.4 is 0 Å². The van der Waals surface area contributed by atoms with Crippen LogP contribution in [0.1, 0.15) is 233 Å². The Balaban J connectivity index is 3.70. The van der Waals surface area contributed by atoms with Crippen molar-refractivity contribution in [1.82, 2.24) is 0 Å². The van der Waals surface area contributed by atoms with Crippen molar-refractivity contribution >= 4 is 5.97 Å². The minimum Gasteiger partial charge on any atom is -0.466 e. The fraction of sp³-hybridized carbons (Fsp3) is 0.978. The molecular formula is C45H92NO4+. The molecule has 0 aliphatic rings. The van der Waals surface area contributed by atoms with Crippen LogP contribution >= 0.6 is 0 Å². The van der Waals surface area contributed by atoms with Crippen molar-refractivity contribution in [2.75, 3.05) is 47.2 Å². The van der Waals surface area contributed by atoms with E-state index >= 15 is 0 Å². The summed E-state index contributed by atoms with van der Waals surface area (Å²) in [5.74, 6) is 0.00750. The molecule has 0 heterocycles. The lowest BCUT2D eigenvalue weighted by Gasteiger charge is -2.30. The van der Waals surface area contributed by atoms with Crippen LogP contribution in [0, 0.1) is 0 Å². The standard InChI is InChI=1S/C45H92NO4/c1-6-9-12-15-19-28-35-42-49-45(47)38-31-24-21-26-33-40-46(4,5)39-32-25-18-20-27-34-41-48-43-50-44(36-29-22-16-13-10-7-2)37-30-23-17-14-11-8-3/h44H,6-43H2,1-5H3/q+1. The van der Waals surface area contributed by atoms with Crippen LogP contribution in [0.2, 0.25) is 0 Å². The van der Waals surface area contributed by atoms with Gasteiger partial charge < -0.3 is 18.7 Å². The molecule has 0 rings (SSSR count). The number of unbranched alkanes of at least 4 members (excludes halogenated alkanes) is 25. The Morgan fingerprint density at radius 3 is 1.32 bits per heavy atom. The molecule has 0 aromatic heterocycles. The first-order valence-corrected chi connectivity index (χ1v) is 22.6. The van der Waals surface area contributed by atoms with Crippen molar-refractivity contribution in [1.29, 1.82) is 0 Å². The second kappa shape index (κ2) is 39.6. The van der Waals surface area contributed by atoms with Gasteiger partial charge in [0.05, 0.1) is 39.9 Å². The van der Waals surface area contributed by atoms with Crippen molar-refractivity contribution in [2.24, 2.45) is 0 Å². The van der Waals surface area contributed by atoms with Crippen molar-refractivity contribution in [3.63, 3.8) is 0 Å². The molecule has 0 amide bonds. The zero-order chi connectivity index (χ0) is 36.6. The lowest BCUT2D eigenvalue weighted by molar-refractivity contribution is -0.890. The summed E-state index contributed by atoms with van der Waals surface area (Å²) in [6.07, 6.45) is 42.2. The van der Waals surface area contributed by atoms with E-state index in [1.807, 2.05) is 0 Å². The molecule has 5 heteroatoms. The molecule has 0 aliphatic carbocycles. The number of ether oxygens (including phenoxy) is 3. The molecule has 0 saturated heterocycles. The lowest BCUT2D eigenvalue weighted by atomic mass is 10.0. The number of carbonyl (C=O) groups excluding carboxylic acids is 1. The van der Waals surface area contributed by atoms with Gasteiger partial charge in [0.15, 0.2) is 0 Å². The van der Waals surface area contributed by atoms with Gasteiger partial charge in [0.1, 0.15) is 6.79 Å². The Hall–Kier alpha value is -0.650. The number of quaternary nitrogens is 1. The summed E-state index contributed by atoms with van der Waals surface area (Å²) in [6.45, 7) is 11.3. The minimum absolute atomic E-state index is 0.00750. The highest BCUT2D eigenvalue weighted by molar-refractivity contribution is 5.69. The average Bonchev–Trinajstić information content (AvgIpc) is 3.10. The highest BCUT2D eigenvalue weighted by Crippen LogP contribution is 2.17. The minimum atomic E-state index is 0.00750. The predicted octanol–water partition coefficient (Wildman–Crippen LogP) is 13.9. The fourth-order valence-corrected chi connectivity index (χ4v) is 7.04. The molecule has 0 radical (unpaired) electrons. The van der Waals surface area contributed by atoms with E-state index in [0.717, 1.165) is 36.8 Å². The molecule has 0 aliphatic heterocycles. The van der Waals surface area contributed by atoms with Gasteiger partial charge in [-0.1, -0.05) is 168 Å². The Morgan fingerprint density at radius 1 is 0.460 bits per heavy atom. The summed E-state index contributed by atoms with van der Waals surface area (Å²) >= 11 is 0. The number of rotatable bonds is 42. The Bertz CT molecular complexity index is 653. The maximum atomic E-state index is 12.0. The third-order valence-corrected chi connectivity index (χ3v) is 10.6. The van der Waals surface area contributed by atoms with E-state index < -0.39 is 0 Å². The molecule has 0 fully saturated rings. The number of esters is 1. The van der Waals surface area contributed by atoms with Crippen molar-refractivity contribution in [3.05, 3.63) is 0 Å². The Morgan fingerprint density at radius 2 is 0.840 bits per heavy atom. The smallest absolute Gasteiger partial charge is 0.305 e. The largest absolute Gasteiger partial charge is 0.466 e. The van der Waals surface area contributed by atoms with Gasteiger partial charge in [-0.25, -0.2) is 0 Å². The molecule has 300 valence electrons. The second-order valence-electron chi connectivity index (χ2n) is 16.3. The molecule has 0 N–H and O–H groups in total. The van der Waals surface area contributed by atoms with E-state index in [9.17, 15) is 4.79 Å². The van der Waals surface area contributed by atoms with Crippen LogP contribution in [0.25, 0.3) is 0 Å². The summed E-state index contributed by atoms with van der Waals surface area (Å²) in [4.78, 5) is 12.0. The van der Waals surface area contributed by atoms with E-state index in [1.54, 1.807) is 0 Å². The number of hydrogen-bond acceptors (Lipinski definition) is 4. The van der Waals surface area contributed by atoms with Crippen molar-refractivity contribution < 1.29 is 23.5 Å². The van der Waals surface area contributed by atoms with Crippen LogP contribution in [0.3, 0.4) is 0 Å². The molecule has 0 atom stereocenters. The third kappa shape index (κ3) is 38.6. The van der Waals surface area contributed by atoms with E-state index in [0.29, 0.717) is 25.9 Å². The van der Waals surface area contributed by atoms with Crippen molar-refractivity contribution in [3.8, 4) is 0 Å². The Kier molecular flexibility index (Phi) is 39.0. The van der Waals surface area contributed by atoms with Gasteiger partial charge in [0.25, 0.3) is 0 Å². The molecule has 5 nitrogen and oxygen atoms in total. The molecule has 0 bridgehead atoms. The lowest BCUT2D eigenvalue weighted by Crippen LogP contribution is -2.41. The molecule has 0 aromatic carbocycles. The predicted molar refractivity (Wildman–Crippen MR) is 218 cm³/mol. The zero-order valence-corrected chi connectivity index (χ0v) is 35.0. The maximum Gasteiger partial charge on any atom is 0.305 e. The van der Waals surface area contributed by atoms with Gasteiger partial charge in [-0.15, -0.1) is 0 Å². The van der Waals surface area contributed by atoms with Gasteiger partial charge in [-0.05, 0) is 57.8 Å². The molecule has 50 heavy (non-hydrogen) atoms. The number of carbonyl (C=O) groups is 1. The van der Waals surface area contributed by atoms with Crippen LogP contribution in [-0.4, -0.2) is 63.7 Å². The van der Waals surface area contributed by atoms with Gasteiger partial charge in [0.2, 0.25) is 0 Å². The molecular weight excluding hydrogens is 618 g/mol. The normalized spacial score (nSPS) is 12.0. The van der Waals surface area contributed by atoms with Crippen LogP contribution in [0.5, 0.6) is 0 Å². The van der Waals surface area contributed by atoms with E-state index in [4.69, 9.17) is 14.2 Å². The first-order chi connectivity index (χ1) is 24.4. The summed E-state index contributed by atoms with van der Waals surface area (Å²) in [5.41, 5.74) is 0. The molecule has 0 aromatic rings. The monoisotopic (exact) mass is 711 g/mol. The quantitative estimate of drug-likeness (QED) is 0.0274. The highest BCUT2D eigenvalue weighted by atomic mass is 16.7. The van der Waals surface area contributed by atoms with Crippen LogP contribution in [0.4, 0.5) is 0 Å². The van der Waals surface area contributed by atoms with Gasteiger partial charge in [-0.2, -0.15) is 0 Å². The van der Waals surface area contributed by atoms with Crippen LogP contribution in [0.15, 0.2) is 0 Å². The van der Waals surface area contributed by atoms with E-state index in [1.165, 1.54) is 193 Å². The second-order valence-corrected chi connectivity index (χ2v) is 16.3. The zero-order valence-electron chi connectivity index (χ0n) is 35.0. The number of hydrogen-bond donors (Lipinski definition) is 0. The van der Waals surface area contributed by atoms with Gasteiger partial charge >= 0.3 is 5.97 Å². The summed E-state index contributed by atoms with van der Waals surface area (Å²) in [5, 5.41) is 0. The first-order valence-electron chi connectivity index (χ1n) is 22.6. The summed E-state index contributed by atoms with van der Waals surface area (Å²) < 4.78 is 18.7. The SMILES string of the molecule is CCCCCCCCCOC(=O)CCCCCCC[N+](C)(C)CCCCCCCCOCOC(CCCCCCCC)CCCCCCCC. The third-order valence-electron chi connectivity index (χ3n) is 10.6. The fourth-order valence-electron chi connectivity index (χ4n) is 7.04.